The second-order valence-corrected chi connectivity index (χ2v) is 3.62. The molecule has 0 aromatic carbocycles. The van der Waals surface area contributed by atoms with Crippen molar-refractivity contribution in [2.24, 2.45) is 0 Å². The van der Waals surface area contributed by atoms with Gasteiger partial charge in [0.1, 0.15) is 0 Å². The summed E-state index contributed by atoms with van der Waals surface area (Å²) >= 11 is 0. The molecule has 0 saturated carbocycles. The van der Waals surface area contributed by atoms with Crippen LogP contribution in [0.3, 0.4) is 0 Å². The number of hydrogen-bond acceptors (Lipinski definition) is 5. The summed E-state index contributed by atoms with van der Waals surface area (Å²) in [6, 6.07) is 0. The van der Waals surface area contributed by atoms with Crippen LogP contribution in [0.25, 0.3) is 6.08 Å². The number of carboxylic acids is 1. The van der Waals surface area contributed by atoms with E-state index >= 15 is 0 Å². The lowest BCUT2D eigenvalue weighted by molar-refractivity contribution is -0.131. The van der Waals surface area contributed by atoms with Crippen LogP contribution >= 0.6 is 0 Å². The first-order valence-corrected chi connectivity index (χ1v) is 5.03. The van der Waals surface area contributed by atoms with Crippen LogP contribution in [0.1, 0.15) is 31.0 Å². The number of carbonyl (C=O) groups is 1. The van der Waals surface area contributed by atoms with Gasteiger partial charge in [-0.15, -0.1) is 10.2 Å². The Kier molecular flexibility index (Phi) is 3.00. The molecule has 86 valence electrons. The predicted octanol–water partition coefficient (Wildman–Crippen LogP) is 1.06. The molecule has 2 atom stereocenters. The van der Waals surface area contributed by atoms with Crippen molar-refractivity contribution in [2.75, 3.05) is 6.61 Å². The molecule has 0 aliphatic carbocycles. The third-order valence-corrected chi connectivity index (χ3v) is 2.52. The zero-order chi connectivity index (χ0) is 11.5. The van der Waals surface area contributed by atoms with Gasteiger partial charge in [-0.3, -0.25) is 0 Å². The van der Waals surface area contributed by atoms with Crippen LogP contribution in [-0.4, -0.2) is 34.0 Å². The molecule has 1 aromatic rings. The maximum atomic E-state index is 10.3. The summed E-state index contributed by atoms with van der Waals surface area (Å²) in [5.41, 5.74) is 0. The number of carboxylic acid groups (broad SMARTS) is 1. The average Bonchev–Trinajstić information content (AvgIpc) is 2.83. The number of aromatic nitrogens is 2. The van der Waals surface area contributed by atoms with Gasteiger partial charge >= 0.3 is 5.97 Å². The SMILES string of the molecule is CC1OCCC1c1nnc(/C=C/C(=O)O)o1. The molecule has 1 fully saturated rings. The third kappa shape index (κ3) is 2.27. The van der Waals surface area contributed by atoms with Crippen molar-refractivity contribution in [3.8, 4) is 0 Å². The first kappa shape index (κ1) is 10.8. The van der Waals surface area contributed by atoms with E-state index in [1.165, 1.54) is 6.08 Å². The third-order valence-electron chi connectivity index (χ3n) is 2.52. The molecule has 6 heteroatoms. The van der Waals surface area contributed by atoms with Crippen molar-refractivity contribution < 1.29 is 19.1 Å². The molecule has 2 unspecified atom stereocenters. The maximum absolute atomic E-state index is 10.3. The van der Waals surface area contributed by atoms with E-state index in [0.29, 0.717) is 12.5 Å². The van der Waals surface area contributed by atoms with E-state index in [0.717, 1.165) is 12.5 Å². The second kappa shape index (κ2) is 4.44. The normalized spacial score (nSPS) is 25.3. The molecular weight excluding hydrogens is 212 g/mol. The van der Waals surface area contributed by atoms with Crippen molar-refractivity contribution in [2.45, 2.75) is 25.4 Å². The molecule has 2 rings (SSSR count). The maximum Gasteiger partial charge on any atom is 0.328 e. The van der Waals surface area contributed by atoms with E-state index in [4.69, 9.17) is 14.3 Å². The Balaban J connectivity index is 2.10. The summed E-state index contributed by atoms with van der Waals surface area (Å²) in [6.45, 7) is 2.64. The Bertz CT molecular complexity index is 413. The number of hydrogen-bond donors (Lipinski definition) is 1. The van der Waals surface area contributed by atoms with Crippen LogP contribution in [0.5, 0.6) is 0 Å². The molecule has 6 nitrogen and oxygen atoms in total. The van der Waals surface area contributed by atoms with Gasteiger partial charge in [-0.25, -0.2) is 4.79 Å². The monoisotopic (exact) mass is 224 g/mol. The highest BCUT2D eigenvalue weighted by molar-refractivity contribution is 5.84. The molecule has 2 heterocycles. The molecule has 0 radical (unpaired) electrons. The number of ether oxygens (including phenoxy) is 1. The Morgan fingerprint density at radius 3 is 3.00 bits per heavy atom. The van der Waals surface area contributed by atoms with E-state index in [-0.39, 0.29) is 17.9 Å². The molecule has 1 saturated heterocycles. The molecule has 0 spiro atoms. The van der Waals surface area contributed by atoms with Crippen molar-refractivity contribution in [1.29, 1.82) is 0 Å². The highest BCUT2D eigenvalue weighted by Crippen LogP contribution is 2.29. The zero-order valence-corrected chi connectivity index (χ0v) is 8.79. The van der Waals surface area contributed by atoms with Gasteiger partial charge < -0.3 is 14.3 Å². The molecule has 1 aliphatic heterocycles. The fourth-order valence-electron chi connectivity index (χ4n) is 1.66. The van der Waals surface area contributed by atoms with Crippen molar-refractivity contribution in [3.63, 3.8) is 0 Å². The summed E-state index contributed by atoms with van der Waals surface area (Å²) < 4.78 is 10.7. The second-order valence-electron chi connectivity index (χ2n) is 3.62. The van der Waals surface area contributed by atoms with Gasteiger partial charge in [0.2, 0.25) is 11.8 Å². The van der Waals surface area contributed by atoms with Gasteiger partial charge in [0, 0.05) is 18.8 Å². The topological polar surface area (TPSA) is 85.5 Å². The Morgan fingerprint density at radius 2 is 2.38 bits per heavy atom. The molecule has 1 aliphatic rings. The van der Waals surface area contributed by atoms with Crippen LogP contribution in [0, 0.1) is 0 Å². The minimum Gasteiger partial charge on any atom is -0.478 e. The highest BCUT2D eigenvalue weighted by atomic mass is 16.5. The van der Waals surface area contributed by atoms with Gasteiger partial charge in [-0.1, -0.05) is 0 Å². The van der Waals surface area contributed by atoms with Crippen LogP contribution in [0.2, 0.25) is 0 Å². The number of rotatable bonds is 3. The van der Waals surface area contributed by atoms with Gasteiger partial charge in [-0.05, 0) is 13.3 Å². The molecule has 1 aromatic heterocycles. The molecular formula is C10H12N2O4. The largest absolute Gasteiger partial charge is 0.478 e. The molecule has 0 amide bonds. The Hall–Kier alpha value is -1.69. The van der Waals surface area contributed by atoms with E-state index < -0.39 is 5.97 Å². The van der Waals surface area contributed by atoms with Crippen LogP contribution in [0.4, 0.5) is 0 Å². The Labute approximate surface area is 91.9 Å². The van der Waals surface area contributed by atoms with E-state index in [9.17, 15) is 4.79 Å². The van der Waals surface area contributed by atoms with Crippen LogP contribution in [0.15, 0.2) is 10.5 Å². The molecule has 1 N–H and O–H groups in total. The average molecular weight is 224 g/mol. The first-order chi connectivity index (χ1) is 7.66. The summed E-state index contributed by atoms with van der Waals surface area (Å²) in [5, 5.41) is 16.1. The highest BCUT2D eigenvalue weighted by Gasteiger charge is 2.30. The number of aliphatic carboxylic acids is 1. The summed E-state index contributed by atoms with van der Waals surface area (Å²) in [4.78, 5) is 10.3. The minimum atomic E-state index is -1.04. The molecule has 0 bridgehead atoms. The summed E-state index contributed by atoms with van der Waals surface area (Å²) in [5.74, 6) is -0.219. The standard InChI is InChI=1S/C10H12N2O4/c1-6-7(4-5-15-6)10-12-11-8(16-10)2-3-9(13)14/h2-3,6-7H,4-5H2,1H3,(H,13,14)/b3-2+. The van der Waals surface area contributed by atoms with Gasteiger partial charge in [0.25, 0.3) is 0 Å². The fourth-order valence-corrected chi connectivity index (χ4v) is 1.66. The lowest BCUT2D eigenvalue weighted by atomic mass is 10.0. The lowest BCUT2D eigenvalue weighted by Crippen LogP contribution is -2.09. The smallest absolute Gasteiger partial charge is 0.328 e. The van der Waals surface area contributed by atoms with Crippen molar-refractivity contribution in [1.82, 2.24) is 10.2 Å². The predicted molar refractivity (Wildman–Crippen MR) is 53.7 cm³/mol. The fraction of sp³-hybridized carbons (Fsp3) is 0.500. The Morgan fingerprint density at radius 1 is 1.56 bits per heavy atom. The summed E-state index contributed by atoms with van der Waals surface area (Å²) in [7, 11) is 0. The van der Waals surface area contributed by atoms with Crippen LogP contribution < -0.4 is 0 Å². The van der Waals surface area contributed by atoms with Crippen LogP contribution in [-0.2, 0) is 9.53 Å². The number of nitrogens with zero attached hydrogens (tertiary/aromatic N) is 2. The lowest BCUT2D eigenvalue weighted by Gasteiger charge is -2.07. The van der Waals surface area contributed by atoms with E-state index in [1.807, 2.05) is 6.92 Å². The molecule has 16 heavy (non-hydrogen) atoms. The van der Waals surface area contributed by atoms with E-state index in [2.05, 4.69) is 10.2 Å². The van der Waals surface area contributed by atoms with Crippen molar-refractivity contribution >= 4 is 12.0 Å². The summed E-state index contributed by atoms with van der Waals surface area (Å²) in [6.07, 6.45) is 3.16. The van der Waals surface area contributed by atoms with Gasteiger partial charge in [0.05, 0.1) is 12.0 Å². The van der Waals surface area contributed by atoms with Gasteiger partial charge in [-0.2, -0.15) is 0 Å². The van der Waals surface area contributed by atoms with E-state index in [1.54, 1.807) is 0 Å². The zero-order valence-electron chi connectivity index (χ0n) is 8.79. The van der Waals surface area contributed by atoms with Gasteiger partial charge in [0.15, 0.2) is 0 Å². The first-order valence-electron chi connectivity index (χ1n) is 5.03. The van der Waals surface area contributed by atoms with Crippen molar-refractivity contribution in [3.05, 3.63) is 17.9 Å². The quantitative estimate of drug-likeness (QED) is 0.772. The minimum absolute atomic E-state index is 0.0664.